The Kier molecular flexibility index (Phi) is 3.86. The smallest absolute Gasteiger partial charge is 0.320 e. The summed E-state index contributed by atoms with van der Waals surface area (Å²) in [5, 5.41) is 12.4. The Balaban J connectivity index is 1.82. The molecule has 0 aliphatic carbocycles. The molecular weight excluding hydrogens is 242 g/mol. The third-order valence-electron chi connectivity index (χ3n) is 2.80. The summed E-state index contributed by atoms with van der Waals surface area (Å²) < 4.78 is 5.58. The summed E-state index contributed by atoms with van der Waals surface area (Å²) in [5.41, 5.74) is 0. The third-order valence-corrected chi connectivity index (χ3v) is 3.04. The number of hydrogen-bond acceptors (Lipinski definition) is 3. The number of carboxylic acid groups (broad SMARTS) is 1. The summed E-state index contributed by atoms with van der Waals surface area (Å²) in [6.45, 7) is 1.19. The highest BCUT2D eigenvalue weighted by molar-refractivity contribution is 6.30. The normalized spacial score (nSPS) is 23.6. The topological polar surface area (TPSA) is 58.6 Å². The van der Waals surface area contributed by atoms with Crippen LogP contribution in [0.5, 0.6) is 5.75 Å². The van der Waals surface area contributed by atoms with Crippen LogP contribution in [0.15, 0.2) is 24.3 Å². The van der Waals surface area contributed by atoms with Gasteiger partial charge in [-0.25, -0.2) is 0 Å². The van der Waals surface area contributed by atoms with Gasteiger partial charge in [-0.1, -0.05) is 17.7 Å². The zero-order valence-corrected chi connectivity index (χ0v) is 9.98. The fourth-order valence-corrected chi connectivity index (χ4v) is 2.08. The number of benzene rings is 1. The van der Waals surface area contributed by atoms with Gasteiger partial charge in [0.1, 0.15) is 11.8 Å². The van der Waals surface area contributed by atoms with Crippen molar-refractivity contribution in [1.82, 2.24) is 5.32 Å². The van der Waals surface area contributed by atoms with E-state index < -0.39 is 12.0 Å². The Hall–Kier alpha value is -1.26. The summed E-state index contributed by atoms with van der Waals surface area (Å²) in [7, 11) is 0. The Labute approximate surface area is 105 Å². The van der Waals surface area contributed by atoms with E-state index in [1.807, 2.05) is 12.1 Å². The molecule has 0 radical (unpaired) electrons. The molecule has 1 fully saturated rings. The van der Waals surface area contributed by atoms with E-state index in [0.29, 0.717) is 24.6 Å². The summed E-state index contributed by atoms with van der Waals surface area (Å²) in [6, 6.07) is 6.75. The molecule has 0 bridgehead atoms. The molecule has 1 saturated heterocycles. The van der Waals surface area contributed by atoms with Crippen LogP contribution in [0, 0.1) is 5.92 Å². The van der Waals surface area contributed by atoms with E-state index in [2.05, 4.69) is 5.32 Å². The molecule has 4 nitrogen and oxygen atoms in total. The Morgan fingerprint density at radius 1 is 1.59 bits per heavy atom. The average Bonchev–Trinajstić information content (AvgIpc) is 2.75. The summed E-state index contributed by atoms with van der Waals surface area (Å²) in [4.78, 5) is 10.7. The van der Waals surface area contributed by atoms with Crippen LogP contribution < -0.4 is 10.1 Å². The fraction of sp³-hybridized carbons (Fsp3) is 0.417. The fourth-order valence-electron chi connectivity index (χ4n) is 1.89. The number of nitrogens with one attached hydrogen (secondary N) is 1. The first-order chi connectivity index (χ1) is 8.15. The number of carboxylic acids is 1. The molecule has 0 amide bonds. The lowest BCUT2D eigenvalue weighted by Crippen LogP contribution is -2.29. The van der Waals surface area contributed by atoms with Crippen molar-refractivity contribution >= 4 is 17.6 Å². The lowest BCUT2D eigenvalue weighted by molar-refractivity contribution is -0.139. The maximum absolute atomic E-state index is 10.7. The van der Waals surface area contributed by atoms with Gasteiger partial charge in [0, 0.05) is 17.5 Å². The van der Waals surface area contributed by atoms with Crippen molar-refractivity contribution in [2.45, 2.75) is 12.5 Å². The number of rotatable bonds is 4. The number of halogens is 1. The minimum absolute atomic E-state index is 0.232. The van der Waals surface area contributed by atoms with Crippen LogP contribution in [0.2, 0.25) is 5.02 Å². The molecule has 1 aromatic rings. The predicted molar refractivity (Wildman–Crippen MR) is 64.5 cm³/mol. The molecule has 1 aliphatic heterocycles. The minimum atomic E-state index is -0.796. The van der Waals surface area contributed by atoms with Crippen LogP contribution in [-0.4, -0.2) is 30.3 Å². The summed E-state index contributed by atoms with van der Waals surface area (Å²) in [6.07, 6.45) is 0.607. The first-order valence-corrected chi connectivity index (χ1v) is 5.87. The SMILES string of the molecule is O=C(O)C1C[C@H](COc2cccc(Cl)c2)CN1. The molecule has 1 heterocycles. The highest BCUT2D eigenvalue weighted by Gasteiger charge is 2.29. The molecular formula is C12H14ClNO3. The van der Waals surface area contributed by atoms with E-state index in [0.717, 1.165) is 5.75 Å². The van der Waals surface area contributed by atoms with E-state index >= 15 is 0 Å². The van der Waals surface area contributed by atoms with Crippen LogP contribution in [-0.2, 0) is 4.79 Å². The van der Waals surface area contributed by atoms with Gasteiger partial charge in [-0.2, -0.15) is 0 Å². The first kappa shape index (κ1) is 12.2. The average molecular weight is 256 g/mol. The predicted octanol–water partition coefficient (Wildman–Crippen LogP) is 1.78. The Morgan fingerprint density at radius 2 is 2.41 bits per heavy atom. The zero-order chi connectivity index (χ0) is 12.3. The lowest BCUT2D eigenvalue weighted by atomic mass is 10.1. The van der Waals surface area contributed by atoms with Crippen LogP contribution in [0.3, 0.4) is 0 Å². The molecule has 1 aromatic carbocycles. The van der Waals surface area contributed by atoms with Crippen LogP contribution in [0.4, 0.5) is 0 Å². The van der Waals surface area contributed by atoms with Crippen molar-refractivity contribution in [3.05, 3.63) is 29.3 Å². The Morgan fingerprint density at radius 3 is 3.06 bits per heavy atom. The van der Waals surface area contributed by atoms with Crippen molar-refractivity contribution in [3.8, 4) is 5.75 Å². The molecule has 0 saturated carbocycles. The molecule has 92 valence electrons. The second-order valence-corrected chi connectivity index (χ2v) is 4.61. The second-order valence-electron chi connectivity index (χ2n) is 4.17. The summed E-state index contributed by atoms with van der Waals surface area (Å²) >= 11 is 5.83. The molecule has 2 rings (SSSR count). The maximum Gasteiger partial charge on any atom is 0.320 e. The van der Waals surface area contributed by atoms with Crippen molar-refractivity contribution in [2.75, 3.05) is 13.2 Å². The number of aliphatic carboxylic acids is 1. The standard InChI is InChI=1S/C12H14ClNO3/c13-9-2-1-3-10(5-9)17-7-8-4-11(12(15)16)14-6-8/h1-3,5,8,11,14H,4,6-7H2,(H,15,16)/t8-,11?/m0/s1. The van der Waals surface area contributed by atoms with E-state index in [9.17, 15) is 4.79 Å². The zero-order valence-electron chi connectivity index (χ0n) is 9.23. The maximum atomic E-state index is 10.7. The van der Waals surface area contributed by atoms with Gasteiger partial charge in [0.25, 0.3) is 0 Å². The van der Waals surface area contributed by atoms with Crippen molar-refractivity contribution < 1.29 is 14.6 Å². The minimum Gasteiger partial charge on any atom is -0.493 e. The van der Waals surface area contributed by atoms with E-state index in [4.69, 9.17) is 21.4 Å². The van der Waals surface area contributed by atoms with Gasteiger partial charge in [-0.3, -0.25) is 4.79 Å². The van der Waals surface area contributed by atoms with Gasteiger partial charge in [0.15, 0.2) is 0 Å². The molecule has 2 N–H and O–H groups in total. The molecule has 0 aromatic heterocycles. The van der Waals surface area contributed by atoms with Gasteiger partial charge in [0.05, 0.1) is 6.61 Å². The van der Waals surface area contributed by atoms with Crippen LogP contribution >= 0.6 is 11.6 Å². The largest absolute Gasteiger partial charge is 0.493 e. The van der Waals surface area contributed by atoms with Gasteiger partial charge >= 0.3 is 5.97 Å². The molecule has 5 heteroatoms. The van der Waals surface area contributed by atoms with Crippen molar-refractivity contribution in [3.63, 3.8) is 0 Å². The quantitative estimate of drug-likeness (QED) is 0.861. The van der Waals surface area contributed by atoms with E-state index in [-0.39, 0.29) is 5.92 Å². The summed E-state index contributed by atoms with van der Waals surface area (Å²) in [5.74, 6) is 0.154. The van der Waals surface area contributed by atoms with Crippen molar-refractivity contribution in [1.29, 1.82) is 0 Å². The lowest BCUT2D eigenvalue weighted by Gasteiger charge is -2.11. The molecule has 17 heavy (non-hydrogen) atoms. The highest BCUT2D eigenvalue weighted by atomic mass is 35.5. The van der Waals surface area contributed by atoms with Gasteiger partial charge in [-0.15, -0.1) is 0 Å². The van der Waals surface area contributed by atoms with Gasteiger partial charge < -0.3 is 15.2 Å². The van der Waals surface area contributed by atoms with Crippen LogP contribution in [0.1, 0.15) is 6.42 Å². The Bertz CT molecular complexity index is 410. The van der Waals surface area contributed by atoms with E-state index in [1.54, 1.807) is 12.1 Å². The van der Waals surface area contributed by atoms with Gasteiger partial charge in [0.2, 0.25) is 0 Å². The molecule has 1 aliphatic rings. The third kappa shape index (κ3) is 3.35. The number of hydrogen-bond donors (Lipinski definition) is 2. The van der Waals surface area contributed by atoms with Crippen molar-refractivity contribution in [2.24, 2.45) is 5.92 Å². The van der Waals surface area contributed by atoms with Crippen LogP contribution in [0.25, 0.3) is 0 Å². The van der Waals surface area contributed by atoms with E-state index in [1.165, 1.54) is 0 Å². The first-order valence-electron chi connectivity index (χ1n) is 5.49. The van der Waals surface area contributed by atoms with Gasteiger partial charge in [-0.05, 0) is 24.6 Å². The second kappa shape index (κ2) is 5.38. The number of ether oxygens (including phenoxy) is 1. The molecule has 0 spiro atoms. The highest BCUT2D eigenvalue weighted by Crippen LogP contribution is 2.20. The number of carbonyl (C=O) groups is 1. The molecule has 1 unspecified atom stereocenters. The molecule has 2 atom stereocenters. The monoisotopic (exact) mass is 255 g/mol.